The second kappa shape index (κ2) is 2.31. The number of hydrogen-bond donors (Lipinski definition) is 1. The van der Waals surface area contributed by atoms with E-state index in [1.165, 1.54) is 0 Å². The van der Waals surface area contributed by atoms with Crippen molar-refractivity contribution in [1.82, 2.24) is 0 Å². The standard InChI is InChI=1S/C6H13BO2/c1-6(4-8)3-2-5(7)9-6/h5,8H,2-4,7H2,1H3/t5-,6+/m1/s1. The Balaban J connectivity index is 2.45. The van der Waals surface area contributed by atoms with Gasteiger partial charge >= 0.3 is 0 Å². The van der Waals surface area contributed by atoms with Crippen molar-refractivity contribution in [1.29, 1.82) is 0 Å². The van der Waals surface area contributed by atoms with Crippen LogP contribution >= 0.6 is 0 Å². The van der Waals surface area contributed by atoms with Gasteiger partial charge in [-0.25, -0.2) is 0 Å². The Bertz CT molecular complexity index is 107. The Kier molecular flexibility index (Phi) is 1.82. The molecule has 0 spiro atoms. The fourth-order valence-electron chi connectivity index (χ4n) is 1.23. The van der Waals surface area contributed by atoms with E-state index in [9.17, 15) is 0 Å². The van der Waals surface area contributed by atoms with Crippen molar-refractivity contribution < 1.29 is 9.84 Å². The summed E-state index contributed by atoms with van der Waals surface area (Å²) in [6.45, 7) is 2.10. The maximum absolute atomic E-state index is 8.82. The van der Waals surface area contributed by atoms with Crippen LogP contribution in [0, 0.1) is 0 Å². The molecule has 0 amide bonds. The summed E-state index contributed by atoms with van der Waals surface area (Å²) in [6.07, 6.45) is 2.07. The van der Waals surface area contributed by atoms with Crippen LogP contribution in [0.3, 0.4) is 0 Å². The minimum Gasteiger partial charge on any atom is -0.393 e. The molecule has 1 aliphatic heterocycles. The van der Waals surface area contributed by atoms with Gasteiger partial charge in [0.05, 0.1) is 12.2 Å². The third kappa shape index (κ3) is 1.46. The molecule has 1 N–H and O–H groups in total. The molecule has 1 rings (SSSR count). The average molecular weight is 128 g/mol. The molecule has 0 bridgehead atoms. The molecule has 0 aromatic heterocycles. The lowest BCUT2D eigenvalue weighted by atomic mass is 9.96. The fourth-order valence-corrected chi connectivity index (χ4v) is 1.23. The van der Waals surface area contributed by atoms with Crippen molar-refractivity contribution in [3.05, 3.63) is 0 Å². The zero-order valence-corrected chi connectivity index (χ0v) is 6.05. The SMILES string of the molecule is B[C@H]1CC[C@@](C)(CO)O1. The van der Waals surface area contributed by atoms with Gasteiger partial charge in [-0.05, 0) is 19.8 Å². The normalized spacial score (nSPS) is 43.6. The Labute approximate surface area is 56.6 Å². The Morgan fingerprint density at radius 2 is 2.56 bits per heavy atom. The monoisotopic (exact) mass is 128 g/mol. The molecule has 2 atom stereocenters. The van der Waals surface area contributed by atoms with Crippen molar-refractivity contribution in [2.45, 2.75) is 31.4 Å². The highest BCUT2D eigenvalue weighted by atomic mass is 16.5. The summed E-state index contributed by atoms with van der Waals surface area (Å²) in [5.74, 6) is 0. The summed E-state index contributed by atoms with van der Waals surface area (Å²) in [6, 6.07) is 0.335. The first-order valence-electron chi connectivity index (χ1n) is 3.45. The Morgan fingerprint density at radius 3 is 2.78 bits per heavy atom. The molecule has 0 aliphatic carbocycles. The molecule has 0 radical (unpaired) electrons. The molecule has 3 heteroatoms. The highest BCUT2D eigenvalue weighted by Crippen LogP contribution is 2.27. The third-order valence-corrected chi connectivity index (χ3v) is 1.90. The summed E-state index contributed by atoms with van der Waals surface area (Å²) >= 11 is 0. The van der Waals surface area contributed by atoms with Crippen LogP contribution in [-0.2, 0) is 4.74 Å². The lowest BCUT2D eigenvalue weighted by molar-refractivity contribution is -0.0365. The molecule has 2 nitrogen and oxygen atoms in total. The molecule has 0 aromatic rings. The topological polar surface area (TPSA) is 29.5 Å². The molecule has 1 aliphatic rings. The first kappa shape index (κ1) is 7.10. The summed E-state index contributed by atoms with van der Waals surface area (Å²) in [4.78, 5) is 0. The van der Waals surface area contributed by atoms with Gasteiger partial charge in [-0.1, -0.05) is 0 Å². The first-order valence-corrected chi connectivity index (χ1v) is 3.45. The molecule has 0 saturated carbocycles. The van der Waals surface area contributed by atoms with Crippen molar-refractivity contribution in [3.8, 4) is 0 Å². The lowest BCUT2D eigenvalue weighted by Crippen LogP contribution is -2.29. The average Bonchev–Trinajstić information content (AvgIpc) is 2.13. The number of rotatable bonds is 1. The predicted octanol–water partition coefficient (Wildman–Crippen LogP) is -0.493. The predicted molar refractivity (Wildman–Crippen MR) is 38.1 cm³/mol. The smallest absolute Gasteiger partial charge is 0.139 e. The molecule has 1 fully saturated rings. The van der Waals surface area contributed by atoms with Crippen LogP contribution in [0.15, 0.2) is 0 Å². The van der Waals surface area contributed by atoms with Crippen LogP contribution in [-0.4, -0.2) is 31.2 Å². The lowest BCUT2D eigenvalue weighted by Gasteiger charge is -2.20. The fraction of sp³-hybridized carbons (Fsp3) is 1.00. The van der Waals surface area contributed by atoms with E-state index in [-0.39, 0.29) is 12.2 Å². The van der Waals surface area contributed by atoms with Gasteiger partial charge in [-0.2, -0.15) is 0 Å². The summed E-state index contributed by atoms with van der Waals surface area (Å²) < 4.78 is 5.45. The van der Waals surface area contributed by atoms with Crippen molar-refractivity contribution in [3.63, 3.8) is 0 Å². The van der Waals surface area contributed by atoms with Crippen LogP contribution in [0.5, 0.6) is 0 Å². The third-order valence-electron chi connectivity index (χ3n) is 1.90. The van der Waals surface area contributed by atoms with Gasteiger partial charge in [0.25, 0.3) is 0 Å². The van der Waals surface area contributed by atoms with Crippen LogP contribution in [0.25, 0.3) is 0 Å². The molecule has 9 heavy (non-hydrogen) atoms. The summed E-state index contributed by atoms with van der Waals surface area (Å²) in [5.41, 5.74) is -0.237. The highest BCUT2D eigenvalue weighted by Gasteiger charge is 2.32. The molecule has 1 heterocycles. The molecule has 0 unspecified atom stereocenters. The van der Waals surface area contributed by atoms with Gasteiger partial charge in [0, 0.05) is 6.00 Å². The van der Waals surface area contributed by atoms with E-state index in [1.807, 2.05) is 14.8 Å². The molecule has 1 saturated heterocycles. The van der Waals surface area contributed by atoms with E-state index in [0.717, 1.165) is 12.8 Å². The van der Waals surface area contributed by atoms with E-state index >= 15 is 0 Å². The second-order valence-electron chi connectivity index (χ2n) is 3.08. The largest absolute Gasteiger partial charge is 0.393 e. The maximum atomic E-state index is 8.82. The second-order valence-corrected chi connectivity index (χ2v) is 3.08. The van der Waals surface area contributed by atoms with E-state index < -0.39 is 0 Å². The van der Waals surface area contributed by atoms with Crippen molar-refractivity contribution >= 4 is 7.85 Å². The van der Waals surface area contributed by atoms with E-state index in [2.05, 4.69) is 0 Å². The van der Waals surface area contributed by atoms with Gasteiger partial charge in [0.15, 0.2) is 0 Å². The van der Waals surface area contributed by atoms with Gasteiger partial charge in [0.2, 0.25) is 0 Å². The van der Waals surface area contributed by atoms with Gasteiger partial charge in [-0.15, -0.1) is 0 Å². The highest BCUT2D eigenvalue weighted by molar-refractivity contribution is 6.11. The van der Waals surface area contributed by atoms with E-state index in [1.54, 1.807) is 0 Å². The van der Waals surface area contributed by atoms with E-state index in [4.69, 9.17) is 9.84 Å². The minimum atomic E-state index is -0.237. The zero-order valence-electron chi connectivity index (χ0n) is 6.05. The molecule has 0 aromatic carbocycles. The Morgan fingerprint density at radius 1 is 1.89 bits per heavy atom. The van der Waals surface area contributed by atoms with Crippen LogP contribution in [0.1, 0.15) is 19.8 Å². The maximum Gasteiger partial charge on any atom is 0.139 e. The quantitative estimate of drug-likeness (QED) is 0.482. The summed E-state index contributed by atoms with van der Waals surface area (Å²) in [7, 11) is 2.04. The minimum absolute atomic E-state index is 0.150. The molecular weight excluding hydrogens is 115 g/mol. The van der Waals surface area contributed by atoms with Crippen LogP contribution in [0.4, 0.5) is 0 Å². The van der Waals surface area contributed by atoms with Crippen molar-refractivity contribution in [2.75, 3.05) is 6.61 Å². The number of aliphatic hydroxyl groups excluding tert-OH is 1. The molecule has 52 valence electrons. The van der Waals surface area contributed by atoms with Crippen LogP contribution < -0.4 is 0 Å². The van der Waals surface area contributed by atoms with Gasteiger partial charge in [-0.3, -0.25) is 0 Å². The number of ether oxygens (including phenoxy) is 1. The Hall–Kier alpha value is -0.0151. The van der Waals surface area contributed by atoms with Crippen molar-refractivity contribution in [2.24, 2.45) is 0 Å². The number of hydrogen-bond acceptors (Lipinski definition) is 2. The van der Waals surface area contributed by atoms with E-state index in [0.29, 0.717) is 6.00 Å². The number of aliphatic hydroxyl groups is 1. The summed E-state index contributed by atoms with van der Waals surface area (Å²) in [5, 5.41) is 8.82. The first-order chi connectivity index (χ1) is 4.16. The van der Waals surface area contributed by atoms with Crippen LogP contribution in [0.2, 0.25) is 0 Å². The van der Waals surface area contributed by atoms with Gasteiger partial charge in [0.1, 0.15) is 7.85 Å². The molecular formula is C6H13BO2. The van der Waals surface area contributed by atoms with Gasteiger partial charge < -0.3 is 9.84 Å². The zero-order chi connectivity index (χ0) is 6.91.